The predicted octanol–water partition coefficient (Wildman–Crippen LogP) is 1.88. The lowest BCUT2D eigenvalue weighted by atomic mass is 10.3. The van der Waals surface area contributed by atoms with Crippen molar-refractivity contribution in [3.63, 3.8) is 0 Å². The second-order valence-corrected chi connectivity index (χ2v) is 7.54. The first kappa shape index (κ1) is 18.6. The molecule has 0 saturated carbocycles. The van der Waals surface area contributed by atoms with Gasteiger partial charge in [0.25, 0.3) is 0 Å². The molecule has 1 aliphatic heterocycles. The van der Waals surface area contributed by atoms with Gasteiger partial charge in [-0.3, -0.25) is 4.99 Å². The van der Waals surface area contributed by atoms with Gasteiger partial charge in [0.2, 0.25) is 5.95 Å². The number of nitrogens with zero attached hydrogens (tertiary/aromatic N) is 6. The van der Waals surface area contributed by atoms with Gasteiger partial charge in [0.1, 0.15) is 0 Å². The van der Waals surface area contributed by atoms with Gasteiger partial charge in [-0.2, -0.15) is 0 Å². The quantitative estimate of drug-likeness (QED) is 0.637. The van der Waals surface area contributed by atoms with Crippen LogP contribution in [0.2, 0.25) is 0 Å². The van der Waals surface area contributed by atoms with Gasteiger partial charge in [-0.1, -0.05) is 0 Å². The molecule has 1 fully saturated rings. The molecule has 1 aliphatic rings. The molecule has 1 saturated heterocycles. The summed E-state index contributed by atoms with van der Waals surface area (Å²) in [6.07, 6.45) is 4.54. The number of hydrogen-bond acceptors (Lipinski definition) is 6. The third kappa shape index (κ3) is 4.69. The second-order valence-electron chi connectivity index (χ2n) is 6.25. The Bertz CT molecular complexity index is 720. The number of anilines is 1. The van der Waals surface area contributed by atoms with Crippen molar-refractivity contribution in [1.82, 2.24) is 25.2 Å². The maximum atomic E-state index is 4.84. The Morgan fingerprint density at radius 3 is 2.54 bits per heavy atom. The highest BCUT2D eigenvalue weighted by molar-refractivity contribution is 7.11. The van der Waals surface area contributed by atoms with Crippen molar-refractivity contribution in [2.45, 2.75) is 27.2 Å². The van der Waals surface area contributed by atoms with Crippen LogP contribution in [-0.2, 0) is 6.42 Å². The number of guanidine groups is 1. The van der Waals surface area contributed by atoms with Crippen LogP contribution in [0.3, 0.4) is 0 Å². The molecule has 0 bridgehead atoms. The fraction of sp³-hybridized carbons (Fsp3) is 0.556. The number of aliphatic imine (C=N–C) groups is 1. The minimum atomic E-state index is 0.785. The van der Waals surface area contributed by atoms with Crippen LogP contribution in [0.15, 0.2) is 23.5 Å². The Kier molecular flexibility index (Phi) is 6.38. The summed E-state index contributed by atoms with van der Waals surface area (Å²) >= 11 is 1.78. The summed E-state index contributed by atoms with van der Waals surface area (Å²) in [5.74, 6) is 1.81. The Morgan fingerprint density at radius 1 is 1.19 bits per heavy atom. The van der Waals surface area contributed by atoms with Crippen molar-refractivity contribution < 1.29 is 0 Å². The van der Waals surface area contributed by atoms with E-state index in [0.29, 0.717) is 0 Å². The van der Waals surface area contributed by atoms with Crippen LogP contribution in [0.25, 0.3) is 0 Å². The van der Waals surface area contributed by atoms with E-state index in [9.17, 15) is 0 Å². The fourth-order valence-electron chi connectivity index (χ4n) is 3.07. The molecule has 0 unspecified atom stereocenters. The Hall–Kier alpha value is -2.22. The van der Waals surface area contributed by atoms with E-state index in [0.717, 1.165) is 68.3 Å². The summed E-state index contributed by atoms with van der Waals surface area (Å²) < 4.78 is 0. The number of aryl methyl sites for hydroxylation is 2. The van der Waals surface area contributed by atoms with Crippen LogP contribution >= 0.6 is 11.3 Å². The molecule has 0 atom stereocenters. The van der Waals surface area contributed by atoms with E-state index >= 15 is 0 Å². The average Bonchev–Trinajstić information content (AvgIpc) is 2.99. The monoisotopic (exact) mass is 373 g/mol. The zero-order valence-corrected chi connectivity index (χ0v) is 16.6. The van der Waals surface area contributed by atoms with Crippen molar-refractivity contribution in [1.29, 1.82) is 0 Å². The number of piperazine rings is 1. The highest BCUT2D eigenvalue weighted by atomic mass is 32.1. The third-order valence-corrected chi connectivity index (χ3v) is 5.48. The molecule has 2 aromatic rings. The molecular weight excluding hydrogens is 346 g/mol. The van der Waals surface area contributed by atoms with Gasteiger partial charge in [-0.05, 0) is 26.8 Å². The van der Waals surface area contributed by atoms with Gasteiger partial charge in [-0.15, -0.1) is 11.3 Å². The van der Waals surface area contributed by atoms with Crippen LogP contribution in [0.1, 0.15) is 22.5 Å². The van der Waals surface area contributed by atoms with Crippen LogP contribution < -0.4 is 10.2 Å². The van der Waals surface area contributed by atoms with E-state index in [1.54, 1.807) is 23.7 Å². The molecule has 26 heavy (non-hydrogen) atoms. The number of hydrogen-bond donors (Lipinski definition) is 1. The standard InChI is InChI=1S/C18H27N7S/c1-4-19-17(22-9-6-16-14(2)23-15(3)26-16)24-10-12-25(13-11-24)18-20-7-5-8-21-18/h5,7-8H,4,6,9-13H2,1-3H3,(H,19,22). The third-order valence-electron chi connectivity index (χ3n) is 4.35. The highest BCUT2D eigenvalue weighted by Gasteiger charge is 2.21. The molecule has 0 aliphatic carbocycles. The van der Waals surface area contributed by atoms with Crippen molar-refractivity contribution in [2.75, 3.05) is 44.2 Å². The van der Waals surface area contributed by atoms with Gasteiger partial charge >= 0.3 is 0 Å². The van der Waals surface area contributed by atoms with E-state index in [1.165, 1.54) is 4.88 Å². The summed E-state index contributed by atoms with van der Waals surface area (Å²) in [4.78, 5) is 23.9. The van der Waals surface area contributed by atoms with Crippen LogP contribution in [0.5, 0.6) is 0 Å². The molecule has 0 spiro atoms. The predicted molar refractivity (Wildman–Crippen MR) is 107 cm³/mol. The minimum absolute atomic E-state index is 0.785. The van der Waals surface area contributed by atoms with Crippen molar-refractivity contribution in [2.24, 2.45) is 4.99 Å². The van der Waals surface area contributed by atoms with Crippen LogP contribution in [0, 0.1) is 13.8 Å². The zero-order chi connectivity index (χ0) is 18.4. The first-order chi connectivity index (χ1) is 12.7. The van der Waals surface area contributed by atoms with E-state index in [2.05, 4.69) is 50.8 Å². The van der Waals surface area contributed by atoms with Gasteiger partial charge in [-0.25, -0.2) is 15.0 Å². The number of thiazole rings is 1. The summed E-state index contributed by atoms with van der Waals surface area (Å²) in [7, 11) is 0. The van der Waals surface area contributed by atoms with E-state index in [1.807, 2.05) is 6.07 Å². The van der Waals surface area contributed by atoms with Crippen molar-refractivity contribution in [3.8, 4) is 0 Å². The van der Waals surface area contributed by atoms with Crippen molar-refractivity contribution in [3.05, 3.63) is 34.0 Å². The summed E-state index contributed by atoms with van der Waals surface area (Å²) in [5.41, 5.74) is 1.14. The lowest BCUT2D eigenvalue weighted by molar-refractivity contribution is 0.370. The largest absolute Gasteiger partial charge is 0.357 e. The molecular formula is C18H27N7S. The maximum absolute atomic E-state index is 4.84. The molecule has 7 nitrogen and oxygen atoms in total. The average molecular weight is 374 g/mol. The number of aromatic nitrogens is 3. The Morgan fingerprint density at radius 2 is 1.92 bits per heavy atom. The molecule has 2 aromatic heterocycles. The SMILES string of the molecule is CCNC(=NCCc1sc(C)nc1C)N1CCN(c2ncccn2)CC1. The van der Waals surface area contributed by atoms with Crippen molar-refractivity contribution >= 4 is 23.2 Å². The van der Waals surface area contributed by atoms with Gasteiger partial charge in [0, 0.05) is 63.0 Å². The molecule has 8 heteroatoms. The van der Waals surface area contributed by atoms with Crippen LogP contribution in [-0.4, -0.2) is 65.1 Å². The summed E-state index contributed by atoms with van der Waals surface area (Å²) in [6, 6.07) is 1.85. The van der Waals surface area contributed by atoms with E-state index in [-0.39, 0.29) is 0 Å². The van der Waals surface area contributed by atoms with Gasteiger partial charge < -0.3 is 15.1 Å². The zero-order valence-electron chi connectivity index (χ0n) is 15.8. The normalized spacial score (nSPS) is 15.4. The number of nitrogens with one attached hydrogen (secondary N) is 1. The summed E-state index contributed by atoms with van der Waals surface area (Å²) in [5, 5.41) is 4.56. The first-order valence-corrected chi connectivity index (χ1v) is 9.97. The number of rotatable bonds is 5. The molecule has 3 heterocycles. The minimum Gasteiger partial charge on any atom is -0.357 e. The fourth-order valence-corrected chi connectivity index (χ4v) is 3.99. The van der Waals surface area contributed by atoms with Crippen LogP contribution in [0.4, 0.5) is 5.95 Å². The van der Waals surface area contributed by atoms with Gasteiger partial charge in [0.15, 0.2) is 5.96 Å². The molecule has 0 radical (unpaired) electrons. The van der Waals surface area contributed by atoms with E-state index < -0.39 is 0 Å². The summed E-state index contributed by atoms with van der Waals surface area (Å²) in [6.45, 7) is 11.6. The smallest absolute Gasteiger partial charge is 0.225 e. The molecule has 1 N–H and O–H groups in total. The molecule has 0 amide bonds. The molecule has 0 aromatic carbocycles. The lowest BCUT2D eigenvalue weighted by Crippen LogP contribution is -2.53. The van der Waals surface area contributed by atoms with E-state index in [4.69, 9.17) is 4.99 Å². The second kappa shape index (κ2) is 8.93. The lowest BCUT2D eigenvalue weighted by Gasteiger charge is -2.36. The molecule has 140 valence electrons. The topological polar surface area (TPSA) is 69.5 Å². The maximum Gasteiger partial charge on any atom is 0.225 e. The Balaban J connectivity index is 1.57. The Labute approximate surface area is 159 Å². The van der Waals surface area contributed by atoms with Gasteiger partial charge in [0.05, 0.1) is 10.7 Å². The first-order valence-electron chi connectivity index (χ1n) is 9.15. The highest BCUT2D eigenvalue weighted by Crippen LogP contribution is 2.17. The molecule has 3 rings (SSSR count).